The fourth-order valence-corrected chi connectivity index (χ4v) is 2.01. The number of nitrogens with zero attached hydrogens (tertiary/aromatic N) is 2. The first-order valence-electron chi connectivity index (χ1n) is 6.55. The van der Waals surface area contributed by atoms with Crippen LogP contribution in [0.15, 0.2) is 72.1 Å². The molecule has 0 fully saturated rings. The van der Waals surface area contributed by atoms with Crippen molar-refractivity contribution in [2.24, 2.45) is 5.10 Å². The molecule has 0 aliphatic rings. The second kappa shape index (κ2) is 5.96. The zero-order valence-electron chi connectivity index (χ0n) is 11.2. The molecule has 0 saturated carbocycles. The van der Waals surface area contributed by atoms with Crippen LogP contribution in [-0.4, -0.2) is 17.1 Å². The van der Waals surface area contributed by atoms with Crippen LogP contribution in [0, 0.1) is 0 Å². The standard InChI is InChI=1S/C17H13N3O/c21-17(20-19-12-13-7-9-18-10-8-13)16-6-5-14-3-1-2-4-15(14)11-16/h1-12H,(H,20,21)/b19-12-. The number of carbonyl (C=O) groups excluding carboxylic acids is 1. The number of pyridine rings is 1. The molecule has 3 aromatic rings. The number of hydrogen-bond donors (Lipinski definition) is 1. The SMILES string of the molecule is O=C(N/N=C\c1ccncc1)c1ccc2ccccc2c1. The molecule has 4 heteroatoms. The van der Waals surface area contributed by atoms with Gasteiger partial charge in [-0.25, -0.2) is 5.43 Å². The Bertz CT molecular complexity index is 797. The van der Waals surface area contributed by atoms with Crippen molar-refractivity contribution in [3.05, 3.63) is 78.1 Å². The van der Waals surface area contributed by atoms with Crippen LogP contribution in [0.4, 0.5) is 0 Å². The van der Waals surface area contributed by atoms with Crippen molar-refractivity contribution in [3.8, 4) is 0 Å². The minimum Gasteiger partial charge on any atom is -0.267 e. The summed E-state index contributed by atoms with van der Waals surface area (Å²) < 4.78 is 0. The Kier molecular flexibility index (Phi) is 3.69. The summed E-state index contributed by atoms with van der Waals surface area (Å²) >= 11 is 0. The first kappa shape index (κ1) is 13.0. The van der Waals surface area contributed by atoms with Crippen LogP contribution >= 0.6 is 0 Å². The monoisotopic (exact) mass is 275 g/mol. The summed E-state index contributed by atoms with van der Waals surface area (Å²) in [5.74, 6) is -0.231. The van der Waals surface area contributed by atoms with Crippen molar-refractivity contribution in [1.82, 2.24) is 10.4 Å². The van der Waals surface area contributed by atoms with Crippen LogP contribution in [0.3, 0.4) is 0 Å². The second-order valence-corrected chi connectivity index (χ2v) is 4.54. The summed E-state index contributed by atoms with van der Waals surface area (Å²) in [7, 11) is 0. The molecule has 0 radical (unpaired) electrons. The van der Waals surface area contributed by atoms with Gasteiger partial charge in [0.25, 0.3) is 5.91 Å². The zero-order chi connectivity index (χ0) is 14.5. The van der Waals surface area contributed by atoms with Gasteiger partial charge < -0.3 is 0 Å². The first-order chi connectivity index (χ1) is 10.3. The molecular formula is C17H13N3O. The van der Waals surface area contributed by atoms with Crippen LogP contribution in [0.2, 0.25) is 0 Å². The van der Waals surface area contributed by atoms with E-state index in [1.807, 2.05) is 48.5 Å². The molecule has 1 N–H and O–H groups in total. The van der Waals surface area contributed by atoms with E-state index in [9.17, 15) is 4.79 Å². The molecule has 0 bridgehead atoms. The highest BCUT2D eigenvalue weighted by Gasteiger charge is 2.04. The predicted molar refractivity (Wildman–Crippen MR) is 83.2 cm³/mol. The van der Waals surface area contributed by atoms with Crippen LogP contribution in [0.1, 0.15) is 15.9 Å². The Morgan fingerprint density at radius 1 is 1.00 bits per heavy atom. The molecule has 0 spiro atoms. The molecule has 21 heavy (non-hydrogen) atoms. The minimum absolute atomic E-state index is 0.231. The van der Waals surface area contributed by atoms with Gasteiger partial charge in [0, 0.05) is 18.0 Å². The van der Waals surface area contributed by atoms with Gasteiger partial charge in [-0.3, -0.25) is 9.78 Å². The quantitative estimate of drug-likeness (QED) is 0.590. The number of fused-ring (bicyclic) bond motifs is 1. The Hall–Kier alpha value is -3.01. The van der Waals surface area contributed by atoms with Crippen LogP contribution in [0.5, 0.6) is 0 Å². The second-order valence-electron chi connectivity index (χ2n) is 4.54. The maximum Gasteiger partial charge on any atom is 0.271 e. The summed E-state index contributed by atoms with van der Waals surface area (Å²) in [4.78, 5) is 16.0. The van der Waals surface area contributed by atoms with Crippen LogP contribution in [-0.2, 0) is 0 Å². The summed E-state index contributed by atoms with van der Waals surface area (Å²) in [5, 5.41) is 6.08. The maximum absolute atomic E-state index is 12.0. The Labute approximate surface area is 122 Å². The fourth-order valence-electron chi connectivity index (χ4n) is 2.01. The number of rotatable bonds is 3. The lowest BCUT2D eigenvalue weighted by molar-refractivity contribution is 0.0955. The van der Waals surface area contributed by atoms with Gasteiger partial charge >= 0.3 is 0 Å². The third-order valence-electron chi connectivity index (χ3n) is 3.10. The molecular weight excluding hydrogens is 262 g/mol. The van der Waals surface area contributed by atoms with Crippen molar-refractivity contribution in [3.63, 3.8) is 0 Å². The molecule has 0 aliphatic carbocycles. The van der Waals surface area contributed by atoms with E-state index >= 15 is 0 Å². The Morgan fingerprint density at radius 3 is 2.57 bits per heavy atom. The molecule has 0 atom stereocenters. The van der Waals surface area contributed by atoms with Gasteiger partial charge in [-0.2, -0.15) is 5.10 Å². The average Bonchev–Trinajstić information content (AvgIpc) is 2.55. The van der Waals surface area contributed by atoms with E-state index in [1.165, 1.54) is 0 Å². The van der Waals surface area contributed by atoms with Gasteiger partial charge in [-0.1, -0.05) is 30.3 Å². The van der Waals surface area contributed by atoms with Gasteiger partial charge in [0.05, 0.1) is 6.21 Å². The smallest absolute Gasteiger partial charge is 0.267 e. The van der Waals surface area contributed by atoms with E-state index in [-0.39, 0.29) is 5.91 Å². The lowest BCUT2D eigenvalue weighted by Gasteiger charge is -2.02. The lowest BCUT2D eigenvalue weighted by atomic mass is 10.1. The van der Waals surface area contributed by atoms with E-state index < -0.39 is 0 Å². The molecule has 1 amide bonds. The number of amides is 1. The molecule has 0 saturated heterocycles. The van der Waals surface area contributed by atoms with Gasteiger partial charge in [0.15, 0.2) is 0 Å². The summed E-state index contributed by atoms with van der Waals surface area (Å²) in [6, 6.07) is 17.1. The fraction of sp³-hybridized carbons (Fsp3) is 0. The highest BCUT2D eigenvalue weighted by Crippen LogP contribution is 2.15. The minimum atomic E-state index is -0.231. The molecule has 1 aromatic heterocycles. The third-order valence-corrected chi connectivity index (χ3v) is 3.10. The number of carbonyl (C=O) groups is 1. The number of hydrazone groups is 1. The molecule has 1 heterocycles. The molecule has 0 aliphatic heterocycles. The highest BCUT2D eigenvalue weighted by molar-refractivity contribution is 5.98. The Balaban J connectivity index is 1.73. The van der Waals surface area contributed by atoms with Crippen molar-refractivity contribution in [2.45, 2.75) is 0 Å². The maximum atomic E-state index is 12.0. The summed E-state index contributed by atoms with van der Waals surface area (Å²) in [6.07, 6.45) is 4.93. The van der Waals surface area contributed by atoms with Crippen molar-refractivity contribution >= 4 is 22.9 Å². The van der Waals surface area contributed by atoms with E-state index in [0.717, 1.165) is 16.3 Å². The van der Waals surface area contributed by atoms with E-state index in [4.69, 9.17) is 0 Å². The lowest BCUT2D eigenvalue weighted by Crippen LogP contribution is -2.17. The Morgan fingerprint density at radius 2 is 1.76 bits per heavy atom. The van der Waals surface area contributed by atoms with Crippen molar-refractivity contribution < 1.29 is 4.79 Å². The molecule has 4 nitrogen and oxygen atoms in total. The van der Waals surface area contributed by atoms with E-state index in [2.05, 4.69) is 15.5 Å². The summed E-state index contributed by atoms with van der Waals surface area (Å²) in [6.45, 7) is 0. The number of aromatic nitrogens is 1. The van der Waals surface area contributed by atoms with Crippen LogP contribution < -0.4 is 5.43 Å². The van der Waals surface area contributed by atoms with E-state index in [1.54, 1.807) is 24.7 Å². The van der Waals surface area contributed by atoms with Gasteiger partial charge in [-0.05, 0) is 40.6 Å². The number of hydrogen-bond acceptors (Lipinski definition) is 3. The molecule has 2 aromatic carbocycles. The normalized spacial score (nSPS) is 10.9. The largest absolute Gasteiger partial charge is 0.271 e. The molecule has 102 valence electrons. The molecule has 3 rings (SSSR count). The van der Waals surface area contributed by atoms with Gasteiger partial charge in [0.1, 0.15) is 0 Å². The van der Waals surface area contributed by atoms with Gasteiger partial charge in [-0.15, -0.1) is 0 Å². The van der Waals surface area contributed by atoms with Gasteiger partial charge in [0.2, 0.25) is 0 Å². The zero-order valence-corrected chi connectivity index (χ0v) is 11.2. The average molecular weight is 275 g/mol. The first-order valence-corrected chi connectivity index (χ1v) is 6.55. The highest BCUT2D eigenvalue weighted by atomic mass is 16.2. The van der Waals surface area contributed by atoms with Crippen molar-refractivity contribution in [2.75, 3.05) is 0 Å². The summed E-state index contributed by atoms with van der Waals surface area (Å²) in [5.41, 5.74) is 3.98. The van der Waals surface area contributed by atoms with Crippen molar-refractivity contribution in [1.29, 1.82) is 0 Å². The number of benzene rings is 2. The van der Waals surface area contributed by atoms with E-state index in [0.29, 0.717) is 5.56 Å². The topological polar surface area (TPSA) is 54.4 Å². The molecule has 0 unspecified atom stereocenters. The third kappa shape index (κ3) is 3.12. The number of nitrogens with one attached hydrogen (secondary N) is 1. The predicted octanol–water partition coefficient (Wildman–Crippen LogP) is 3.00. The van der Waals surface area contributed by atoms with Crippen LogP contribution in [0.25, 0.3) is 10.8 Å².